The van der Waals surface area contributed by atoms with E-state index in [-0.39, 0.29) is 0 Å². The summed E-state index contributed by atoms with van der Waals surface area (Å²) in [6.45, 7) is 4.03. The molecule has 0 atom stereocenters. The second kappa shape index (κ2) is 4.13. The molecule has 0 N–H and O–H groups in total. The zero-order chi connectivity index (χ0) is 10.7. The van der Waals surface area contributed by atoms with E-state index in [9.17, 15) is 0 Å². The molecule has 0 saturated carbocycles. The van der Waals surface area contributed by atoms with E-state index in [4.69, 9.17) is 0 Å². The topological polar surface area (TPSA) is 51.6 Å². The van der Waals surface area contributed by atoms with Gasteiger partial charge in [-0.3, -0.25) is 0 Å². The fraction of sp³-hybridized carbons (Fsp3) is 0.273. The first-order valence-corrected chi connectivity index (χ1v) is 4.89. The second-order valence-electron chi connectivity index (χ2n) is 3.30. The van der Waals surface area contributed by atoms with Crippen LogP contribution in [-0.2, 0) is 6.42 Å². The lowest BCUT2D eigenvalue weighted by Crippen LogP contribution is -1.97. The largest absolute Gasteiger partial charge is 0.244 e. The average Bonchev–Trinajstić information content (AvgIpc) is 2.31. The summed E-state index contributed by atoms with van der Waals surface area (Å²) < 4.78 is 0. The molecule has 0 aliphatic carbocycles. The maximum absolute atomic E-state index is 4.47. The molecule has 15 heavy (non-hydrogen) atoms. The standard InChI is InChI=1S/C11H12N4/c1-3-10-14-4-8(2)11(15-10)9-5-12-7-13-6-9/h4-7H,3H2,1-2H3. The van der Waals surface area contributed by atoms with E-state index in [0.717, 1.165) is 29.1 Å². The number of hydrogen-bond acceptors (Lipinski definition) is 4. The molecule has 2 heterocycles. The highest BCUT2D eigenvalue weighted by Crippen LogP contribution is 2.18. The van der Waals surface area contributed by atoms with Crippen molar-refractivity contribution in [3.05, 3.63) is 36.3 Å². The van der Waals surface area contributed by atoms with Crippen molar-refractivity contribution in [2.45, 2.75) is 20.3 Å². The van der Waals surface area contributed by atoms with Crippen LogP contribution in [-0.4, -0.2) is 19.9 Å². The summed E-state index contributed by atoms with van der Waals surface area (Å²) in [6, 6.07) is 0. The highest BCUT2D eigenvalue weighted by Gasteiger charge is 2.05. The van der Waals surface area contributed by atoms with Gasteiger partial charge in [-0.05, 0) is 12.5 Å². The first-order valence-electron chi connectivity index (χ1n) is 4.89. The Labute approximate surface area is 88.5 Å². The van der Waals surface area contributed by atoms with Crippen molar-refractivity contribution >= 4 is 0 Å². The average molecular weight is 200 g/mol. The Bertz CT molecular complexity index is 453. The number of rotatable bonds is 2. The van der Waals surface area contributed by atoms with Gasteiger partial charge in [0.15, 0.2) is 0 Å². The SMILES string of the molecule is CCc1ncc(C)c(-c2cncnc2)n1. The number of aromatic nitrogens is 4. The van der Waals surface area contributed by atoms with Crippen LogP contribution >= 0.6 is 0 Å². The maximum atomic E-state index is 4.47. The third kappa shape index (κ3) is 1.98. The molecule has 0 saturated heterocycles. The molecule has 0 unspecified atom stereocenters. The molecule has 0 aromatic carbocycles. The van der Waals surface area contributed by atoms with Gasteiger partial charge < -0.3 is 0 Å². The van der Waals surface area contributed by atoms with Crippen LogP contribution < -0.4 is 0 Å². The lowest BCUT2D eigenvalue weighted by molar-refractivity contribution is 0.932. The lowest BCUT2D eigenvalue weighted by atomic mass is 10.1. The summed E-state index contributed by atoms with van der Waals surface area (Å²) in [4.78, 5) is 16.7. The van der Waals surface area contributed by atoms with Gasteiger partial charge in [0.1, 0.15) is 12.2 Å². The molecule has 4 heteroatoms. The summed E-state index contributed by atoms with van der Waals surface area (Å²) in [6.07, 6.45) is 7.72. The zero-order valence-electron chi connectivity index (χ0n) is 8.81. The minimum absolute atomic E-state index is 0.834. The van der Waals surface area contributed by atoms with Crippen molar-refractivity contribution in [1.29, 1.82) is 0 Å². The molecule has 4 nitrogen and oxygen atoms in total. The molecule has 2 aromatic heterocycles. The van der Waals surface area contributed by atoms with Crippen LogP contribution in [0.3, 0.4) is 0 Å². The molecule has 0 radical (unpaired) electrons. The molecule has 0 aliphatic heterocycles. The minimum Gasteiger partial charge on any atom is -0.244 e. The molecule has 0 aliphatic rings. The summed E-state index contributed by atoms with van der Waals surface area (Å²) in [5, 5.41) is 0. The first-order chi connectivity index (χ1) is 7.31. The number of nitrogens with zero attached hydrogens (tertiary/aromatic N) is 4. The van der Waals surface area contributed by atoms with Crippen molar-refractivity contribution < 1.29 is 0 Å². The van der Waals surface area contributed by atoms with Gasteiger partial charge in [0, 0.05) is 30.6 Å². The van der Waals surface area contributed by atoms with Gasteiger partial charge in [-0.25, -0.2) is 19.9 Å². The predicted molar refractivity (Wildman–Crippen MR) is 57.2 cm³/mol. The number of hydrogen-bond donors (Lipinski definition) is 0. The van der Waals surface area contributed by atoms with Crippen LogP contribution in [0, 0.1) is 6.92 Å². The van der Waals surface area contributed by atoms with Gasteiger partial charge in [-0.2, -0.15) is 0 Å². The van der Waals surface area contributed by atoms with Gasteiger partial charge in [0.05, 0.1) is 5.69 Å². The number of aryl methyl sites for hydroxylation is 2. The molecule has 76 valence electrons. The van der Waals surface area contributed by atoms with Gasteiger partial charge in [0.2, 0.25) is 0 Å². The fourth-order valence-electron chi connectivity index (χ4n) is 1.36. The predicted octanol–water partition coefficient (Wildman–Crippen LogP) is 1.80. The van der Waals surface area contributed by atoms with Crippen LogP contribution in [0.2, 0.25) is 0 Å². The van der Waals surface area contributed by atoms with E-state index in [1.165, 1.54) is 6.33 Å². The van der Waals surface area contributed by atoms with Crippen molar-refractivity contribution in [1.82, 2.24) is 19.9 Å². The van der Waals surface area contributed by atoms with Crippen LogP contribution in [0.25, 0.3) is 11.3 Å². The minimum atomic E-state index is 0.834. The Morgan fingerprint density at radius 2 is 1.87 bits per heavy atom. The van der Waals surface area contributed by atoms with E-state index in [2.05, 4.69) is 19.9 Å². The van der Waals surface area contributed by atoms with Gasteiger partial charge in [-0.15, -0.1) is 0 Å². The normalized spacial score (nSPS) is 10.3. The monoisotopic (exact) mass is 200 g/mol. The van der Waals surface area contributed by atoms with E-state index >= 15 is 0 Å². The molecular weight excluding hydrogens is 188 g/mol. The quantitative estimate of drug-likeness (QED) is 0.741. The lowest BCUT2D eigenvalue weighted by Gasteiger charge is -2.05. The first kappa shape index (κ1) is 9.71. The Morgan fingerprint density at radius 1 is 1.13 bits per heavy atom. The van der Waals surface area contributed by atoms with Crippen LogP contribution in [0.15, 0.2) is 24.9 Å². The van der Waals surface area contributed by atoms with E-state index in [1.807, 2.05) is 20.0 Å². The Balaban J connectivity index is 2.52. The third-order valence-electron chi connectivity index (χ3n) is 2.17. The van der Waals surface area contributed by atoms with Crippen LogP contribution in [0.4, 0.5) is 0 Å². The van der Waals surface area contributed by atoms with Crippen LogP contribution in [0.5, 0.6) is 0 Å². The molecule has 0 spiro atoms. The molecule has 2 aromatic rings. The van der Waals surface area contributed by atoms with Gasteiger partial charge in [0.25, 0.3) is 0 Å². The third-order valence-corrected chi connectivity index (χ3v) is 2.17. The smallest absolute Gasteiger partial charge is 0.128 e. The fourth-order valence-corrected chi connectivity index (χ4v) is 1.36. The summed E-state index contributed by atoms with van der Waals surface area (Å²) in [5.41, 5.74) is 2.90. The summed E-state index contributed by atoms with van der Waals surface area (Å²) >= 11 is 0. The van der Waals surface area contributed by atoms with Crippen molar-refractivity contribution in [3.63, 3.8) is 0 Å². The van der Waals surface area contributed by atoms with Gasteiger partial charge in [-0.1, -0.05) is 6.92 Å². The Kier molecular flexibility index (Phi) is 2.67. The van der Waals surface area contributed by atoms with Gasteiger partial charge >= 0.3 is 0 Å². The molecule has 2 rings (SSSR count). The second-order valence-corrected chi connectivity index (χ2v) is 3.30. The molecule has 0 bridgehead atoms. The molecular formula is C11H12N4. The molecule has 0 amide bonds. The Hall–Kier alpha value is -1.84. The zero-order valence-corrected chi connectivity index (χ0v) is 8.81. The van der Waals surface area contributed by atoms with Crippen molar-refractivity contribution in [3.8, 4) is 11.3 Å². The highest BCUT2D eigenvalue weighted by molar-refractivity contribution is 5.60. The molecule has 0 fully saturated rings. The van der Waals surface area contributed by atoms with Crippen molar-refractivity contribution in [2.24, 2.45) is 0 Å². The maximum Gasteiger partial charge on any atom is 0.128 e. The summed E-state index contributed by atoms with van der Waals surface area (Å²) in [7, 11) is 0. The van der Waals surface area contributed by atoms with Crippen LogP contribution in [0.1, 0.15) is 18.3 Å². The van der Waals surface area contributed by atoms with E-state index < -0.39 is 0 Å². The van der Waals surface area contributed by atoms with Crippen molar-refractivity contribution in [2.75, 3.05) is 0 Å². The highest BCUT2D eigenvalue weighted by atomic mass is 14.9. The Morgan fingerprint density at radius 3 is 2.53 bits per heavy atom. The summed E-state index contributed by atoms with van der Waals surface area (Å²) in [5.74, 6) is 0.847. The van der Waals surface area contributed by atoms with E-state index in [0.29, 0.717) is 0 Å². The van der Waals surface area contributed by atoms with E-state index in [1.54, 1.807) is 12.4 Å².